The van der Waals surface area contributed by atoms with Crippen molar-refractivity contribution in [3.05, 3.63) is 30.1 Å². The highest BCUT2D eigenvalue weighted by molar-refractivity contribution is 7.99. The van der Waals surface area contributed by atoms with Crippen LogP contribution in [0.15, 0.2) is 29.2 Å². The second kappa shape index (κ2) is 6.26. The molecule has 1 aromatic rings. The summed E-state index contributed by atoms with van der Waals surface area (Å²) in [6.45, 7) is 0. The van der Waals surface area contributed by atoms with Crippen LogP contribution in [0.2, 0.25) is 0 Å². The number of hydrogen-bond acceptors (Lipinski definition) is 2. The molecule has 1 atom stereocenters. The molecule has 0 bridgehead atoms. The maximum absolute atomic E-state index is 12.6. The van der Waals surface area contributed by atoms with Crippen LogP contribution in [0.4, 0.5) is 17.6 Å². The molecule has 0 spiro atoms. The first-order valence-corrected chi connectivity index (χ1v) is 6.06. The van der Waals surface area contributed by atoms with Crippen LogP contribution in [-0.4, -0.2) is 18.0 Å². The topological polar surface area (TPSA) is 26.0 Å². The average Bonchev–Trinajstić information content (AvgIpc) is 2.25. The maximum Gasteiger partial charge on any atom is 0.389 e. The molecule has 0 fully saturated rings. The van der Waals surface area contributed by atoms with Gasteiger partial charge in [0.15, 0.2) is 0 Å². The first kappa shape index (κ1) is 14.3. The Hall–Kier alpha value is -0.750. The Labute approximate surface area is 101 Å². The largest absolute Gasteiger partial charge is 0.389 e. The van der Waals surface area contributed by atoms with Crippen LogP contribution in [0.5, 0.6) is 0 Å². The fourth-order valence-electron chi connectivity index (χ4n) is 1.17. The van der Waals surface area contributed by atoms with Crippen molar-refractivity contribution in [1.82, 2.24) is 0 Å². The van der Waals surface area contributed by atoms with E-state index in [1.165, 1.54) is 23.9 Å². The van der Waals surface area contributed by atoms with Crippen molar-refractivity contribution in [3.8, 4) is 0 Å². The van der Waals surface area contributed by atoms with Gasteiger partial charge in [0.05, 0.1) is 0 Å². The number of thioether (sulfide) groups is 1. The lowest BCUT2D eigenvalue weighted by Crippen LogP contribution is -2.25. The molecule has 0 aliphatic rings. The lowest BCUT2D eigenvalue weighted by atomic mass is 10.2. The third kappa shape index (κ3) is 6.53. The lowest BCUT2D eigenvalue weighted by molar-refractivity contribution is -0.136. The summed E-state index contributed by atoms with van der Waals surface area (Å²) in [6.07, 6.45) is -5.10. The molecule has 0 saturated heterocycles. The van der Waals surface area contributed by atoms with Gasteiger partial charge < -0.3 is 5.73 Å². The van der Waals surface area contributed by atoms with E-state index in [1.54, 1.807) is 12.1 Å². The van der Waals surface area contributed by atoms with Gasteiger partial charge in [-0.25, -0.2) is 4.39 Å². The smallest absolute Gasteiger partial charge is 0.327 e. The van der Waals surface area contributed by atoms with E-state index in [0.29, 0.717) is 5.75 Å². The number of rotatable bonds is 5. The summed E-state index contributed by atoms with van der Waals surface area (Å²) in [5.74, 6) is 0.0533. The van der Waals surface area contributed by atoms with Crippen molar-refractivity contribution in [3.63, 3.8) is 0 Å². The number of alkyl halides is 3. The molecule has 0 amide bonds. The molecule has 1 nitrogen and oxygen atoms in total. The summed E-state index contributed by atoms with van der Waals surface area (Å²) in [5, 5.41) is 0. The molecule has 17 heavy (non-hydrogen) atoms. The van der Waals surface area contributed by atoms with Gasteiger partial charge in [-0.05, 0) is 30.7 Å². The monoisotopic (exact) mass is 267 g/mol. The summed E-state index contributed by atoms with van der Waals surface area (Å²) >= 11 is 1.33. The van der Waals surface area contributed by atoms with Gasteiger partial charge in [-0.2, -0.15) is 13.2 Å². The zero-order valence-electron chi connectivity index (χ0n) is 9.01. The highest BCUT2D eigenvalue weighted by Crippen LogP contribution is 2.24. The SMILES string of the molecule is NC(CCC(F)(F)F)CSc1ccc(F)cc1. The molecule has 96 valence electrons. The fraction of sp³-hybridized carbons (Fsp3) is 0.455. The van der Waals surface area contributed by atoms with E-state index in [4.69, 9.17) is 5.73 Å². The quantitative estimate of drug-likeness (QED) is 0.651. The Morgan fingerprint density at radius 1 is 1.18 bits per heavy atom. The van der Waals surface area contributed by atoms with Gasteiger partial charge in [-0.3, -0.25) is 0 Å². The standard InChI is InChI=1S/C11H13F4NS/c12-8-1-3-10(4-2-8)17-7-9(16)5-6-11(13,14)15/h1-4,9H,5-7,16H2. The summed E-state index contributed by atoms with van der Waals surface area (Å²) in [7, 11) is 0. The van der Waals surface area contributed by atoms with Gasteiger partial charge in [0, 0.05) is 23.1 Å². The lowest BCUT2D eigenvalue weighted by Gasteiger charge is -2.12. The van der Waals surface area contributed by atoms with Crippen molar-refractivity contribution in [2.75, 3.05) is 5.75 Å². The summed E-state index contributed by atoms with van der Waals surface area (Å²) in [4.78, 5) is 0.800. The van der Waals surface area contributed by atoms with E-state index in [-0.39, 0.29) is 12.2 Å². The van der Waals surface area contributed by atoms with Crippen molar-refractivity contribution < 1.29 is 17.6 Å². The van der Waals surface area contributed by atoms with Crippen LogP contribution in [-0.2, 0) is 0 Å². The Morgan fingerprint density at radius 3 is 2.29 bits per heavy atom. The Kier molecular flexibility index (Phi) is 5.27. The minimum absolute atomic E-state index is 0.0856. The van der Waals surface area contributed by atoms with Crippen LogP contribution < -0.4 is 5.73 Å². The first-order valence-electron chi connectivity index (χ1n) is 5.07. The van der Waals surface area contributed by atoms with Crippen molar-refractivity contribution in [2.45, 2.75) is 30.0 Å². The van der Waals surface area contributed by atoms with Crippen LogP contribution in [0.1, 0.15) is 12.8 Å². The molecule has 1 rings (SSSR count). The molecule has 6 heteroatoms. The van der Waals surface area contributed by atoms with E-state index < -0.39 is 18.6 Å². The van der Waals surface area contributed by atoms with E-state index >= 15 is 0 Å². The summed E-state index contributed by atoms with van der Waals surface area (Å²) in [6, 6.07) is 5.27. The molecular formula is C11H13F4NS. The van der Waals surface area contributed by atoms with E-state index in [2.05, 4.69) is 0 Å². The summed E-state index contributed by atoms with van der Waals surface area (Å²) in [5.41, 5.74) is 5.56. The predicted molar refractivity (Wildman–Crippen MR) is 60.4 cm³/mol. The molecule has 2 N–H and O–H groups in total. The van der Waals surface area contributed by atoms with Crippen LogP contribution in [0.25, 0.3) is 0 Å². The van der Waals surface area contributed by atoms with Gasteiger partial charge in [-0.1, -0.05) is 0 Å². The second-order valence-corrected chi connectivity index (χ2v) is 4.77. The van der Waals surface area contributed by atoms with E-state index in [9.17, 15) is 17.6 Å². The molecule has 0 saturated carbocycles. The minimum atomic E-state index is -4.15. The highest BCUT2D eigenvalue weighted by atomic mass is 32.2. The van der Waals surface area contributed by atoms with Gasteiger partial charge in [0.1, 0.15) is 5.82 Å². The van der Waals surface area contributed by atoms with Crippen molar-refractivity contribution >= 4 is 11.8 Å². The molecule has 0 aromatic heterocycles. The van der Waals surface area contributed by atoms with E-state index in [1.807, 2.05) is 0 Å². The molecule has 0 heterocycles. The fourth-order valence-corrected chi connectivity index (χ4v) is 2.07. The van der Waals surface area contributed by atoms with Crippen LogP contribution in [0, 0.1) is 5.82 Å². The van der Waals surface area contributed by atoms with Gasteiger partial charge in [0.25, 0.3) is 0 Å². The van der Waals surface area contributed by atoms with Crippen LogP contribution in [0.3, 0.4) is 0 Å². The zero-order chi connectivity index (χ0) is 12.9. The highest BCUT2D eigenvalue weighted by Gasteiger charge is 2.27. The molecule has 1 unspecified atom stereocenters. The first-order chi connectivity index (χ1) is 7.87. The summed E-state index contributed by atoms with van der Waals surface area (Å²) < 4.78 is 48.3. The minimum Gasteiger partial charge on any atom is -0.327 e. The number of halogens is 4. The van der Waals surface area contributed by atoms with Gasteiger partial charge in [-0.15, -0.1) is 11.8 Å². The molecule has 0 aliphatic heterocycles. The third-order valence-corrected chi connectivity index (χ3v) is 3.28. The number of nitrogens with two attached hydrogens (primary N) is 1. The number of benzene rings is 1. The maximum atomic E-state index is 12.6. The second-order valence-electron chi connectivity index (χ2n) is 3.68. The average molecular weight is 267 g/mol. The van der Waals surface area contributed by atoms with Gasteiger partial charge in [0.2, 0.25) is 0 Å². The van der Waals surface area contributed by atoms with Gasteiger partial charge >= 0.3 is 6.18 Å². The van der Waals surface area contributed by atoms with Crippen LogP contribution >= 0.6 is 11.8 Å². The molecule has 0 aliphatic carbocycles. The Morgan fingerprint density at radius 2 is 1.76 bits per heavy atom. The third-order valence-electron chi connectivity index (χ3n) is 2.08. The van der Waals surface area contributed by atoms with Crippen molar-refractivity contribution in [1.29, 1.82) is 0 Å². The molecule has 1 aromatic carbocycles. The molecule has 0 radical (unpaired) electrons. The molecular weight excluding hydrogens is 254 g/mol. The Balaban J connectivity index is 2.28. The van der Waals surface area contributed by atoms with Crippen molar-refractivity contribution in [2.24, 2.45) is 5.73 Å². The normalized spacial score (nSPS) is 13.7. The number of hydrogen-bond donors (Lipinski definition) is 1. The Bertz CT molecular complexity index is 336. The zero-order valence-corrected chi connectivity index (χ0v) is 9.82. The predicted octanol–water partition coefficient (Wildman–Crippen LogP) is 3.59. The van der Waals surface area contributed by atoms with E-state index in [0.717, 1.165) is 4.90 Å².